The van der Waals surface area contributed by atoms with Crippen LogP contribution in [0.2, 0.25) is 0 Å². The molecule has 1 aromatic carbocycles. The zero-order chi connectivity index (χ0) is 17.5. The van der Waals surface area contributed by atoms with E-state index >= 15 is 0 Å². The van der Waals surface area contributed by atoms with Crippen molar-refractivity contribution in [3.05, 3.63) is 30.6 Å². The van der Waals surface area contributed by atoms with E-state index in [4.69, 9.17) is 4.74 Å². The smallest absolute Gasteiger partial charge is 0.224 e. The average Bonchev–Trinajstić information content (AvgIpc) is 2.92. The number of hydrogen-bond acceptors (Lipinski definition) is 4. The average molecular weight is 327 g/mol. The number of fused-ring (bicyclic) bond motifs is 1. The highest BCUT2D eigenvalue weighted by Crippen LogP contribution is 2.38. The summed E-state index contributed by atoms with van der Waals surface area (Å²) in [6, 6.07) is 8.52. The lowest BCUT2D eigenvalue weighted by atomic mass is 9.83. The molecule has 0 amide bonds. The molecular weight excluding hydrogens is 298 g/mol. The maximum atomic E-state index is 6.35. The lowest BCUT2D eigenvalue weighted by molar-refractivity contribution is 0.0558. The fourth-order valence-electron chi connectivity index (χ4n) is 3.68. The van der Waals surface area contributed by atoms with E-state index in [9.17, 15) is 0 Å². The molecule has 4 heteroatoms. The van der Waals surface area contributed by atoms with Crippen LogP contribution in [0, 0.1) is 5.41 Å². The summed E-state index contributed by atoms with van der Waals surface area (Å²) in [6.07, 6.45) is 2.78. The van der Waals surface area contributed by atoms with Crippen LogP contribution in [-0.2, 0) is 0 Å². The van der Waals surface area contributed by atoms with Crippen LogP contribution in [0.15, 0.2) is 30.6 Å². The first-order valence-corrected chi connectivity index (χ1v) is 8.79. The van der Waals surface area contributed by atoms with Crippen LogP contribution in [0.5, 0.6) is 5.88 Å². The molecule has 0 saturated carbocycles. The van der Waals surface area contributed by atoms with E-state index in [1.165, 1.54) is 0 Å². The Balaban J connectivity index is 1.86. The molecule has 1 fully saturated rings. The van der Waals surface area contributed by atoms with Crippen LogP contribution in [-0.4, -0.2) is 39.1 Å². The van der Waals surface area contributed by atoms with Crippen molar-refractivity contribution in [1.29, 1.82) is 0 Å². The fourth-order valence-corrected chi connectivity index (χ4v) is 3.68. The third-order valence-electron chi connectivity index (χ3n) is 4.91. The molecule has 0 N–H and O–H groups in total. The quantitative estimate of drug-likeness (QED) is 0.824. The second-order valence-corrected chi connectivity index (χ2v) is 8.88. The number of aromatic nitrogens is 2. The van der Waals surface area contributed by atoms with E-state index in [1.54, 1.807) is 6.33 Å². The van der Waals surface area contributed by atoms with Crippen molar-refractivity contribution in [3.8, 4) is 5.88 Å². The van der Waals surface area contributed by atoms with E-state index in [0.29, 0.717) is 11.9 Å². The van der Waals surface area contributed by atoms with Crippen molar-refractivity contribution in [1.82, 2.24) is 14.9 Å². The van der Waals surface area contributed by atoms with Gasteiger partial charge in [0.1, 0.15) is 12.4 Å². The Hall–Kier alpha value is -1.68. The van der Waals surface area contributed by atoms with Gasteiger partial charge in [0, 0.05) is 24.5 Å². The van der Waals surface area contributed by atoms with Crippen LogP contribution >= 0.6 is 0 Å². The standard InChI is InChI=1S/C20H29N3O/c1-19(2,3)17-11-14(12-23(17)20(4,5)6)24-18-15-9-7-8-10-16(15)21-13-22-18/h7-10,13-14,17H,11-12H2,1-6H3. The first-order chi connectivity index (χ1) is 11.2. The number of benzene rings is 1. The van der Waals surface area contributed by atoms with Crippen LogP contribution in [0.3, 0.4) is 0 Å². The van der Waals surface area contributed by atoms with Crippen molar-refractivity contribution in [2.75, 3.05) is 6.54 Å². The monoisotopic (exact) mass is 327 g/mol. The Labute approximate surface area is 145 Å². The SMILES string of the molecule is CC(C)(C)C1CC(Oc2ncnc3ccccc23)CN1C(C)(C)C. The largest absolute Gasteiger partial charge is 0.472 e. The Kier molecular flexibility index (Phi) is 4.28. The third-order valence-corrected chi connectivity index (χ3v) is 4.91. The van der Waals surface area contributed by atoms with Crippen LogP contribution in [0.1, 0.15) is 48.0 Å². The van der Waals surface area contributed by atoms with Gasteiger partial charge < -0.3 is 4.74 Å². The van der Waals surface area contributed by atoms with E-state index in [1.807, 2.05) is 24.3 Å². The van der Waals surface area contributed by atoms with Crippen molar-refractivity contribution in [3.63, 3.8) is 0 Å². The number of rotatable bonds is 2. The van der Waals surface area contributed by atoms with Gasteiger partial charge in [-0.15, -0.1) is 0 Å². The number of ether oxygens (including phenoxy) is 1. The molecule has 4 nitrogen and oxygen atoms in total. The zero-order valence-electron chi connectivity index (χ0n) is 15.7. The van der Waals surface area contributed by atoms with Gasteiger partial charge in [0.15, 0.2) is 0 Å². The van der Waals surface area contributed by atoms with Gasteiger partial charge >= 0.3 is 0 Å². The first-order valence-electron chi connectivity index (χ1n) is 8.79. The summed E-state index contributed by atoms with van der Waals surface area (Å²) >= 11 is 0. The van der Waals surface area contributed by atoms with Crippen molar-refractivity contribution >= 4 is 10.9 Å². The molecule has 2 atom stereocenters. The highest BCUT2D eigenvalue weighted by atomic mass is 16.5. The summed E-state index contributed by atoms with van der Waals surface area (Å²) < 4.78 is 6.35. The molecule has 1 aromatic heterocycles. The molecule has 0 bridgehead atoms. The van der Waals surface area contributed by atoms with E-state index in [2.05, 4.69) is 56.4 Å². The fraction of sp³-hybridized carbons (Fsp3) is 0.600. The highest BCUT2D eigenvalue weighted by Gasteiger charge is 2.44. The minimum Gasteiger partial charge on any atom is -0.472 e. The minimum atomic E-state index is 0.129. The Morgan fingerprint density at radius 1 is 1.04 bits per heavy atom. The van der Waals surface area contributed by atoms with Crippen LogP contribution < -0.4 is 4.74 Å². The number of nitrogens with zero attached hydrogens (tertiary/aromatic N) is 3. The van der Waals surface area contributed by atoms with Gasteiger partial charge in [-0.05, 0) is 38.3 Å². The van der Waals surface area contributed by atoms with Gasteiger partial charge in [-0.3, -0.25) is 4.90 Å². The summed E-state index contributed by atoms with van der Waals surface area (Å²) in [5.74, 6) is 0.703. The molecule has 130 valence electrons. The predicted molar refractivity (Wildman–Crippen MR) is 98.3 cm³/mol. The van der Waals surface area contributed by atoms with Crippen LogP contribution in [0.4, 0.5) is 0 Å². The lowest BCUT2D eigenvalue weighted by Gasteiger charge is -2.42. The van der Waals surface area contributed by atoms with Gasteiger partial charge in [-0.2, -0.15) is 0 Å². The zero-order valence-corrected chi connectivity index (χ0v) is 15.7. The second kappa shape index (κ2) is 5.99. The van der Waals surface area contributed by atoms with Crippen molar-refractivity contribution in [2.45, 2.75) is 65.6 Å². The third kappa shape index (κ3) is 3.39. The van der Waals surface area contributed by atoms with Gasteiger partial charge in [0.05, 0.1) is 10.9 Å². The number of likely N-dealkylation sites (tertiary alicyclic amines) is 1. The lowest BCUT2D eigenvalue weighted by Crippen LogP contribution is -2.49. The number of para-hydroxylation sites is 1. The highest BCUT2D eigenvalue weighted by molar-refractivity contribution is 5.82. The second-order valence-electron chi connectivity index (χ2n) is 8.88. The van der Waals surface area contributed by atoms with Gasteiger partial charge in [-0.25, -0.2) is 9.97 Å². The molecule has 0 radical (unpaired) electrons. The molecule has 1 aliphatic heterocycles. The molecule has 3 rings (SSSR count). The van der Waals surface area contributed by atoms with Gasteiger partial charge in [0.25, 0.3) is 0 Å². The van der Waals surface area contributed by atoms with E-state index in [-0.39, 0.29) is 17.1 Å². The van der Waals surface area contributed by atoms with E-state index in [0.717, 1.165) is 23.9 Å². The summed E-state index contributed by atoms with van der Waals surface area (Å²) in [6.45, 7) is 14.7. The van der Waals surface area contributed by atoms with Gasteiger partial charge in [0.2, 0.25) is 5.88 Å². The molecule has 2 unspecified atom stereocenters. The molecule has 1 aliphatic rings. The molecular formula is C20H29N3O. The maximum absolute atomic E-state index is 6.35. The summed E-state index contributed by atoms with van der Waals surface area (Å²) in [4.78, 5) is 11.3. The molecule has 2 heterocycles. The molecule has 1 saturated heterocycles. The molecule has 0 aliphatic carbocycles. The minimum absolute atomic E-state index is 0.129. The topological polar surface area (TPSA) is 38.3 Å². The predicted octanol–water partition coefficient (Wildman–Crippen LogP) is 4.30. The van der Waals surface area contributed by atoms with Crippen LogP contribution in [0.25, 0.3) is 10.9 Å². The van der Waals surface area contributed by atoms with Gasteiger partial charge in [-0.1, -0.05) is 32.9 Å². The maximum Gasteiger partial charge on any atom is 0.224 e. The van der Waals surface area contributed by atoms with E-state index < -0.39 is 0 Å². The summed E-state index contributed by atoms with van der Waals surface area (Å²) in [7, 11) is 0. The Morgan fingerprint density at radius 3 is 2.38 bits per heavy atom. The summed E-state index contributed by atoms with van der Waals surface area (Å²) in [5, 5.41) is 0.988. The number of hydrogen-bond donors (Lipinski definition) is 0. The summed E-state index contributed by atoms with van der Waals surface area (Å²) in [5.41, 5.74) is 1.28. The Morgan fingerprint density at radius 2 is 1.75 bits per heavy atom. The molecule has 2 aromatic rings. The van der Waals surface area contributed by atoms with Crippen molar-refractivity contribution < 1.29 is 4.74 Å². The normalized spacial score (nSPS) is 22.9. The first kappa shape index (κ1) is 17.2. The Bertz CT molecular complexity index is 687. The molecule has 24 heavy (non-hydrogen) atoms. The van der Waals surface area contributed by atoms with Crippen molar-refractivity contribution in [2.24, 2.45) is 5.41 Å². The molecule has 0 spiro atoms.